The summed E-state index contributed by atoms with van der Waals surface area (Å²) < 4.78 is 10.8. The highest BCUT2D eigenvalue weighted by Gasteiger charge is 2.04. The third-order valence-corrected chi connectivity index (χ3v) is 3.16. The maximum atomic E-state index is 9.80. The van der Waals surface area contributed by atoms with Gasteiger partial charge in [-0.1, -0.05) is 13.3 Å². The minimum absolute atomic E-state index is 0.333. The highest BCUT2D eigenvalue weighted by Crippen LogP contribution is 2.03. The van der Waals surface area contributed by atoms with Gasteiger partial charge in [-0.05, 0) is 30.5 Å². The number of nitrogens with one attached hydrogen (secondary N) is 1. The van der Waals surface area contributed by atoms with Crippen LogP contribution in [0.4, 0.5) is 0 Å². The first-order valence-corrected chi connectivity index (χ1v) is 7.67. The van der Waals surface area contributed by atoms with Gasteiger partial charge >= 0.3 is 0 Å². The molecule has 0 saturated carbocycles. The number of nitrogens with zero attached hydrogens (tertiary/aromatic N) is 1. The number of aryl methyl sites for hydroxylation is 1. The number of ether oxygens (including phenoxy) is 2. The van der Waals surface area contributed by atoms with Crippen molar-refractivity contribution in [2.24, 2.45) is 0 Å². The fraction of sp³-hybridized carbons (Fsp3) is 0.688. The van der Waals surface area contributed by atoms with Crippen LogP contribution in [0.15, 0.2) is 18.5 Å². The second-order valence-electron chi connectivity index (χ2n) is 5.13. The minimum atomic E-state index is -0.497. The molecule has 5 heteroatoms. The molecular formula is C16H28N2O3. The second kappa shape index (κ2) is 11.6. The lowest BCUT2D eigenvalue weighted by atomic mass is 10.1. The first-order valence-electron chi connectivity index (χ1n) is 7.67. The van der Waals surface area contributed by atoms with E-state index in [4.69, 9.17) is 9.47 Å². The molecule has 1 aromatic heterocycles. The molecule has 5 nitrogen and oxygen atoms in total. The lowest BCUT2D eigenvalue weighted by Gasteiger charge is -2.13. The molecule has 0 aliphatic carbocycles. The van der Waals surface area contributed by atoms with Crippen LogP contribution in [0, 0.1) is 6.92 Å². The standard InChI is InChI=1S/C16H28N2O3/c1-3-4-7-20-8-9-21-13-16(19)12-18-11-15-5-6-17-10-14(15)2/h5-6,10,16,18-19H,3-4,7-9,11-13H2,1-2H3. The van der Waals surface area contributed by atoms with Gasteiger partial charge < -0.3 is 19.9 Å². The third-order valence-electron chi connectivity index (χ3n) is 3.16. The van der Waals surface area contributed by atoms with Crippen LogP contribution >= 0.6 is 0 Å². The summed E-state index contributed by atoms with van der Waals surface area (Å²) in [6, 6.07) is 1.98. The Bertz CT molecular complexity index is 374. The van der Waals surface area contributed by atoms with E-state index in [1.165, 1.54) is 5.56 Å². The van der Waals surface area contributed by atoms with E-state index in [2.05, 4.69) is 17.2 Å². The van der Waals surface area contributed by atoms with E-state index in [1.807, 2.05) is 19.2 Å². The number of hydrogen-bond donors (Lipinski definition) is 2. The van der Waals surface area contributed by atoms with Gasteiger partial charge in [-0.15, -0.1) is 0 Å². The number of unbranched alkanes of at least 4 members (excludes halogenated alkanes) is 1. The maximum absolute atomic E-state index is 9.80. The molecule has 2 N–H and O–H groups in total. The molecule has 1 unspecified atom stereocenters. The van der Waals surface area contributed by atoms with Crippen molar-refractivity contribution in [3.05, 3.63) is 29.6 Å². The fourth-order valence-electron chi connectivity index (χ4n) is 1.82. The number of pyridine rings is 1. The lowest BCUT2D eigenvalue weighted by Crippen LogP contribution is -2.30. The first kappa shape index (κ1) is 18.0. The molecule has 0 aliphatic rings. The Labute approximate surface area is 127 Å². The van der Waals surface area contributed by atoms with Gasteiger partial charge in [0.05, 0.1) is 25.9 Å². The molecule has 0 fully saturated rings. The molecule has 0 saturated heterocycles. The molecule has 0 bridgehead atoms. The van der Waals surface area contributed by atoms with Crippen LogP contribution in [0.25, 0.3) is 0 Å². The van der Waals surface area contributed by atoms with Crippen molar-refractivity contribution in [1.29, 1.82) is 0 Å². The Balaban J connectivity index is 1.99. The predicted molar refractivity (Wildman–Crippen MR) is 83.2 cm³/mol. The second-order valence-corrected chi connectivity index (χ2v) is 5.13. The van der Waals surface area contributed by atoms with Crippen molar-refractivity contribution >= 4 is 0 Å². The number of hydrogen-bond acceptors (Lipinski definition) is 5. The summed E-state index contributed by atoms with van der Waals surface area (Å²) in [4.78, 5) is 4.06. The summed E-state index contributed by atoms with van der Waals surface area (Å²) in [5, 5.41) is 13.0. The Hall–Kier alpha value is -1.01. The molecule has 1 aromatic rings. The summed E-state index contributed by atoms with van der Waals surface area (Å²) in [5.41, 5.74) is 2.35. The van der Waals surface area contributed by atoms with Gasteiger partial charge in [0, 0.05) is 32.1 Å². The van der Waals surface area contributed by atoms with Gasteiger partial charge in [0.25, 0.3) is 0 Å². The fourth-order valence-corrected chi connectivity index (χ4v) is 1.82. The van der Waals surface area contributed by atoms with Crippen molar-refractivity contribution in [1.82, 2.24) is 10.3 Å². The summed E-state index contributed by atoms with van der Waals surface area (Å²) in [5.74, 6) is 0. The molecule has 1 heterocycles. The first-order chi connectivity index (χ1) is 10.2. The molecular weight excluding hydrogens is 268 g/mol. The maximum Gasteiger partial charge on any atom is 0.0897 e. The molecule has 0 aromatic carbocycles. The van der Waals surface area contributed by atoms with Crippen LogP contribution in [-0.4, -0.2) is 49.2 Å². The summed E-state index contributed by atoms with van der Waals surface area (Å²) >= 11 is 0. The molecule has 0 spiro atoms. The molecule has 1 atom stereocenters. The Morgan fingerprint density at radius 3 is 2.86 bits per heavy atom. The van der Waals surface area contributed by atoms with Gasteiger partial charge in [-0.2, -0.15) is 0 Å². The van der Waals surface area contributed by atoms with E-state index in [1.54, 1.807) is 6.20 Å². The quantitative estimate of drug-likeness (QED) is 0.575. The van der Waals surface area contributed by atoms with E-state index in [-0.39, 0.29) is 0 Å². The van der Waals surface area contributed by atoms with Gasteiger partial charge in [-0.25, -0.2) is 0 Å². The van der Waals surface area contributed by atoms with E-state index < -0.39 is 6.10 Å². The van der Waals surface area contributed by atoms with E-state index in [0.29, 0.717) is 26.4 Å². The summed E-state index contributed by atoms with van der Waals surface area (Å²) in [6.45, 7) is 7.65. The molecule has 1 rings (SSSR count). The number of rotatable bonds is 12. The highest BCUT2D eigenvalue weighted by molar-refractivity contribution is 5.21. The topological polar surface area (TPSA) is 63.6 Å². The van der Waals surface area contributed by atoms with E-state index in [9.17, 15) is 5.11 Å². The average molecular weight is 296 g/mol. The summed E-state index contributed by atoms with van der Waals surface area (Å²) in [6.07, 6.45) is 5.35. The van der Waals surface area contributed by atoms with E-state index in [0.717, 1.165) is 31.6 Å². The van der Waals surface area contributed by atoms with Crippen molar-refractivity contribution in [3.63, 3.8) is 0 Å². The highest BCUT2D eigenvalue weighted by atomic mass is 16.5. The smallest absolute Gasteiger partial charge is 0.0897 e. The third kappa shape index (κ3) is 8.78. The summed E-state index contributed by atoms with van der Waals surface area (Å²) in [7, 11) is 0. The van der Waals surface area contributed by atoms with Crippen molar-refractivity contribution in [3.8, 4) is 0 Å². The lowest BCUT2D eigenvalue weighted by molar-refractivity contribution is 0.00385. The molecule has 0 radical (unpaired) electrons. The van der Waals surface area contributed by atoms with Gasteiger partial charge in [0.1, 0.15) is 0 Å². The number of aromatic nitrogens is 1. The van der Waals surface area contributed by atoms with Crippen LogP contribution < -0.4 is 5.32 Å². The molecule has 120 valence electrons. The van der Waals surface area contributed by atoms with Crippen LogP contribution in [0.2, 0.25) is 0 Å². The molecule has 21 heavy (non-hydrogen) atoms. The Kier molecular flexibility index (Phi) is 9.99. The van der Waals surface area contributed by atoms with Gasteiger partial charge in [0.15, 0.2) is 0 Å². The molecule has 0 amide bonds. The zero-order valence-corrected chi connectivity index (χ0v) is 13.2. The predicted octanol–water partition coefficient (Wildman–Crippen LogP) is 1.67. The number of aliphatic hydroxyl groups excluding tert-OH is 1. The van der Waals surface area contributed by atoms with Crippen LogP contribution in [-0.2, 0) is 16.0 Å². The zero-order chi connectivity index (χ0) is 15.3. The van der Waals surface area contributed by atoms with Crippen LogP contribution in [0.1, 0.15) is 30.9 Å². The van der Waals surface area contributed by atoms with E-state index >= 15 is 0 Å². The Morgan fingerprint density at radius 2 is 2.10 bits per heavy atom. The largest absolute Gasteiger partial charge is 0.389 e. The molecule has 0 aliphatic heterocycles. The zero-order valence-electron chi connectivity index (χ0n) is 13.2. The average Bonchev–Trinajstić information content (AvgIpc) is 2.48. The minimum Gasteiger partial charge on any atom is -0.389 e. The van der Waals surface area contributed by atoms with Crippen molar-refractivity contribution in [2.75, 3.05) is 33.0 Å². The van der Waals surface area contributed by atoms with Crippen molar-refractivity contribution < 1.29 is 14.6 Å². The van der Waals surface area contributed by atoms with Gasteiger partial charge in [-0.3, -0.25) is 4.98 Å². The van der Waals surface area contributed by atoms with Crippen LogP contribution in [0.5, 0.6) is 0 Å². The number of aliphatic hydroxyl groups is 1. The van der Waals surface area contributed by atoms with Gasteiger partial charge in [0.2, 0.25) is 0 Å². The monoisotopic (exact) mass is 296 g/mol. The van der Waals surface area contributed by atoms with Crippen LogP contribution in [0.3, 0.4) is 0 Å². The van der Waals surface area contributed by atoms with Crippen molar-refractivity contribution in [2.45, 2.75) is 39.3 Å². The SMILES string of the molecule is CCCCOCCOCC(O)CNCc1ccncc1C. The Morgan fingerprint density at radius 1 is 1.29 bits per heavy atom. The normalized spacial score (nSPS) is 12.5.